The van der Waals surface area contributed by atoms with Crippen LogP contribution in [0.15, 0.2) is 49.1 Å². The Morgan fingerprint density at radius 2 is 1.84 bits per heavy atom. The number of imidazole rings is 1. The van der Waals surface area contributed by atoms with Gasteiger partial charge >= 0.3 is 6.09 Å². The van der Waals surface area contributed by atoms with E-state index in [0.29, 0.717) is 26.2 Å². The highest BCUT2D eigenvalue weighted by Gasteiger charge is 2.36. The minimum atomic E-state index is -0.481. The summed E-state index contributed by atoms with van der Waals surface area (Å²) in [4.78, 5) is 39.3. The van der Waals surface area contributed by atoms with Crippen molar-refractivity contribution in [2.75, 3.05) is 32.8 Å². The largest absolute Gasteiger partial charge is 0.447 e. The van der Waals surface area contributed by atoms with E-state index in [1.54, 1.807) is 17.4 Å². The van der Waals surface area contributed by atoms with Crippen LogP contribution in [0.25, 0.3) is 11.6 Å². The first-order chi connectivity index (χ1) is 20.6. The van der Waals surface area contributed by atoms with Crippen LogP contribution in [-0.2, 0) is 21.3 Å². The van der Waals surface area contributed by atoms with Gasteiger partial charge in [-0.25, -0.2) is 9.78 Å². The lowest BCUT2D eigenvalue weighted by molar-refractivity contribution is -0.127. The molecule has 2 atom stereocenters. The van der Waals surface area contributed by atoms with Crippen LogP contribution in [0.2, 0.25) is 0 Å². The van der Waals surface area contributed by atoms with Gasteiger partial charge in [0.25, 0.3) is 0 Å². The maximum atomic E-state index is 13.2. The van der Waals surface area contributed by atoms with Gasteiger partial charge in [0, 0.05) is 39.4 Å². The minimum absolute atomic E-state index is 0.0374. The predicted molar refractivity (Wildman–Crippen MR) is 165 cm³/mol. The molecule has 43 heavy (non-hydrogen) atoms. The monoisotopic (exact) mass is 586 g/mol. The molecular formula is C33H42N6O4. The molecule has 228 valence electrons. The Balaban J connectivity index is 1.57. The van der Waals surface area contributed by atoms with Crippen LogP contribution in [0.5, 0.6) is 0 Å². The van der Waals surface area contributed by atoms with Gasteiger partial charge in [0.1, 0.15) is 6.61 Å². The lowest BCUT2D eigenvalue weighted by Gasteiger charge is -2.39. The summed E-state index contributed by atoms with van der Waals surface area (Å²) in [5.41, 5.74) is 7.00. The number of hydrogen-bond donors (Lipinski definition) is 1. The van der Waals surface area contributed by atoms with E-state index in [1.807, 2.05) is 51.6 Å². The molecule has 2 aliphatic rings. The van der Waals surface area contributed by atoms with E-state index in [9.17, 15) is 9.59 Å². The van der Waals surface area contributed by atoms with Crippen LogP contribution in [0.1, 0.15) is 73.4 Å². The van der Waals surface area contributed by atoms with E-state index in [-0.39, 0.29) is 36.9 Å². The number of rotatable bonds is 8. The molecule has 1 aliphatic heterocycles. The van der Waals surface area contributed by atoms with Gasteiger partial charge in [0.15, 0.2) is 0 Å². The lowest BCUT2D eigenvalue weighted by Crippen LogP contribution is -2.50. The number of nitrogens with zero attached hydrogens (tertiary/aromatic N) is 5. The molecule has 0 saturated carbocycles. The summed E-state index contributed by atoms with van der Waals surface area (Å²) in [5, 5.41) is 3.25. The Labute approximate surface area is 253 Å². The molecule has 1 N–H and O–H groups in total. The van der Waals surface area contributed by atoms with Crippen LogP contribution in [0, 0.1) is 6.92 Å². The molecule has 0 bridgehead atoms. The van der Waals surface area contributed by atoms with E-state index in [4.69, 9.17) is 14.5 Å². The molecule has 1 aromatic carbocycles. The summed E-state index contributed by atoms with van der Waals surface area (Å²) < 4.78 is 13.0. The molecule has 0 radical (unpaired) electrons. The number of piperazine rings is 1. The van der Waals surface area contributed by atoms with Crippen LogP contribution in [-0.4, -0.2) is 81.3 Å². The zero-order chi connectivity index (χ0) is 30.7. The second-order valence-electron chi connectivity index (χ2n) is 11.8. The van der Waals surface area contributed by atoms with Gasteiger partial charge in [-0.1, -0.05) is 29.8 Å². The van der Waals surface area contributed by atoms with Crippen molar-refractivity contribution in [3.8, 4) is 0 Å². The molecule has 3 aromatic rings. The molecule has 2 unspecified atom stereocenters. The molecule has 10 heteroatoms. The number of amides is 2. The Morgan fingerprint density at radius 3 is 2.51 bits per heavy atom. The Hall–Kier alpha value is -4.02. The number of hydrogen-bond acceptors (Lipinski definition) is 7. The van der Waals surface area contributed by atoms with Crippen molar-refractivity contribution < 1.29 is 19.1 Å². The quantitative estimate of drug-likeness (QED) is 0.414. The molecular weight excluding hydrogens is 544 g/mol. The third kappa shape index (κ3) is 6.81. The molecule has 10 nitrogen and oxygen atoms in total. The highest BCUT2D eigenvalue weighted by Crippen LogP contribution is 2.43. The van der Waals surface area contributed by atoms with Gasteiger partial charge < -0.3 is 24.3 Å². The highest BCUT2D eigenvalue weighted by molar-refractivity contribution is 5.91. The first kappa shape index (κ1) is 30.4. The third-order valence-electron chi connectivity index (χ3n) is 7.84. The second kappa shape index (κ2) is 13.1. The Kier molecular flexibility index (Phi) is 9.27. The molecule has 5 rings (SSSR count). The van der Waals surface area contributed by atoms with Gasteiger partial charge in [-0.2, -0.15) is 0 Å². The number of aryl methyl sites for hydroxylation is 2. The van der Waals surface area contributed by atoms with Crippen molar-refractivity contribution in [3.63, 3.8) is 0 Å². The van der Waals surface area contributed by atoms with E-state index < -0.39 is 6.04 Å². The van der Waals surface area contributed by atoms with Crippen LogP contribution in [0.4, 0.5) is 4.79 Å². The summed E-state index contributed by atoms with van der Waals surface area (Å²) in [6.45, 7) is 12.1. The van der Waals surface area contributed by atoms with Crippen molar-refractivity contribution in [1.29, 1.82) is 0 Å². The fraction of sp³-hybridized carbons (Fsp3) is 0.455. The fourth-order valence-electron chi connectivity index (χ4n) is 5.78. The lowest BCUT2D eigenvalue weighted by atomic mass is 9.88. The second-order valence-corrected chi connectivity index (χ2v) is 11.8. The van der Waals surface area contributed by atoms with E-state index in [1.165, 1.54) is 0 Å². The molecule has 3 heterocycles. The number of nitrogens with one attached hydrogen (secondary N) is 1. The zero-order valence-corrected chi connectivity index (χ0v) is 25.9. The SMILES string of the molecule is Cc1ccc2c(c1)C(C(NC(=O)COC(C)C)c1cncn1C)=Cc1cccnc1C2N1CCN(C(=O)OC(C)C)CC1. The number of fused-ring (bicyclic) bond motifs is 2. The normalized spacial score (nSPS) is 17.6. The van der Waals surface area contributed by atoms with Crippen LogP contribution in [0.3, 0.4) is 0 Å². The Bertz CT molecular complexity index is 1490. The summed E-state index contributed by atoms with van der Waals surface area (Å²) >= 11 is 0. The first-order valence-corrected chi connectivity index (χ1v) is 15.0. The van der Waals surface area contributed by atoms with E-state index in [0.717, 1.165) is 39.2 Å². The number of aromatic nitrogens is 3. The summed E-state index contributed by atoms with van der Waals surface area (Å²) in [7, 11) is 1.93. The maximum absolute atomic E-state index is 13.2. The number of carbonyl (C=O) groups is 2. The van der Waals surface area contributed by atoms with Crippen molar-refractivity contribution in [3.05, 3.63) is 82.7 Å². The number of pyridine rings is 1. The topological polar surface area (TPSA) is 102 Å². The van der Waals surface area contributed by atoms with Gasteiger partial charge in [-0.05, 0) is 69.0 Å². The number of ether oxygens (including phenoxy) is 2. The average Bonchev–Trinajstić information content (AvgIpc) is 3.34. The summed E-state index contributed by atoms with van der Waals surface area (Å²) in [6.07, 6.45) is 7.03. The smallest absolute Gasteiger partial charge is 0.410 e. The highest BCUT2D eigenvalue weighted by atomic mass is 16.6. The molecule has 0 spiro atoms. The zero-order valence-electron chi connectivity index (χ0n) is 25.9. The van der Waals surface area contributed by atoms with E-state index >= 15 is 0 Å². The minimum Gasteiger partial charge on any atom is -0.447 e. The Morgan fingerprint density at radius 1 is 1.07 bits per heavy atom. The fourth-order valence-corrected chi connectivity index (χ4v) is 5.78. The maximum Gasteiger partial charge on any atom is 0.410 e. The molecule has 1 fully saturated rings. The number of carbonyl (C=O) groups excluding carboxylic acids is 2. The van der Waals surface area contributed by atoms with Crippen molar-refractivity contribution in [2.24, 2.45) is 7.05 Å². The predicted octanol–water partition coefficient (Wildman–Crippen LogP) is 4.51. The standard InChI is InChI=1S/C33H42N6O4/c1-21(2)42-19-29(40)36-31(28-18-34-20-37(28)6)27-17-24-8-7-11-35-30(24)32(25-10-9-23(5)16-26(25)27)38-12-14-39(15-13-38)33(41)43-22(3)4/h7-11,16-18,20-22,31-32H,12-15,19H2,1-6H3,(H,36,40). The van der Waals surface area contributed by atoms with Crippen molar-refractivity contribution >= 4 is 23.6 Å². The first-order valence-electron chi connectivity index (χ1n) is 15.0. The van der Waals surface area contributed by atoms with Gasteiger partial charge in [0.2, 0.25) is 5.91 Å². The van der Waals surface area contributed by atoms with Crippen molar-refractivity contribution in [2.45, 2.75) is 58.9 Å². The van der Waals surface area contributed by atoms with Gasteiger partial charge in [-0.3, -0.25) is 14.7 Å². The van der Waals surface area contributed by atoms with Gasteiger partial charge in [0.05, 0.1) is 48.2 Å². The van der Waals surface area contributed by atoms with E-state index in [2.05, 4.69) is 52.5 Å². The molecule has 2 amide bonds. The average molecular weight is 587 g/mol. The summed E-state index contributed by atoms with van der Waals surface area (Å²) in [6, 6.07) is 9.89. The number of benzene rings is 1. The third-order valence-corrected chi connectivity index (χ3v) is 7.84. The molecule has 1 saturated heterocycles. The molecule has 1 aliphatic carbocycles. The molecule has 2 aromatic heterocycles. The van der Waals surface area contributed by atoms with Crippen molar-refractivity contribution in [1.82, 2.24) is 29.7 Å². The van der Waals surface area contributed by atoms with Gasteiger partial charge in [-0.15, -0.1) is 0 Å². The van der Waals surface area contributed by atoms with Crippen LogP contribution < -0.4 is 5.32 Å². The summed E-state index contributed by atoms with van der Waals surface area (Å²) in [5.74, 6) is -0.202. The van der Waals surface area contributed by atoms with Crippen LogP contribution >= 0.6 is 0 Å².